The van der Waals surface area contributed by atoms with E-state index in [0.717, 1.165) is 16.7 Å². The van der Waals surface area contributed by atoms with Crippen molar-refractivity contribution >= 4 is 11.7 Å². The average Bonchev–Trinajstić information content (AvgIpc) is 3.23. The first-order valence-electron chi connectivity index (χ1n) is 9.36. The second-order valence-corrected chi connectivity index (χ2v) is 6.62. The average molecular weight is 383 g/mol. The summed E-state index contributed by atoms with van der Waals surface area (Å²) in [4.78, 5) is 17.3. The van der Waals surface area contributed by atoms with Gasteiger partial charge in [-0.25, -0.2) is 0 Å². The molecule has 3 N–H and O–H groups in total. The predicted molar refractivity (Wildman–Crippen MR) is 113 cm³/mol. The van der Waals surface area contributed by atoms with Crippen LogP contribution >= 0.6 is 0 Å². The van der Waals surface area contributed by atoms with Crippen molar-refractivity contribution < 1.29 is 4.79 Å². The van der Waals surface area contributed by atoms with Crippen LogP contribution in [0.15, 0.2) is 85.2 Å². The van der Waals surface area contributed by atoms with E-state index in [1.807, 2.05) is 60.7 Å². The number of hydrogen-bond acceptors (Lipinski definition) is 5. The third-order valence-corrected chi connectivity index (χ3v) is 4.59. The zero-order valence-corrected chi connectivity index (χ0v) is 15.8. The molecule has 0 fully saturated rings. The van der Waals surface area contributed by atoms with Crippen molar-refractivity contribution in [2.24, 2.45) is 5.73 Å². The summed E-state index contributed by atoms with van der Waals surface area (Å²) in [5.41, 5.74) is 9.80. The maximum atomic E-state index is 13.2. The largest absolute Gasteiger partial charge is 0.366 e. The van der Waals surface area contributed by atoms with Crippen molar-refractivity contribution in [2.45, 2.75) is 13.1 Å². The van der Waals surface area contributed by atoms with Crippen LogP contribution in [0.1, 0.15) is 21.5 Å². The van der Waals surface area contributed by atoms with Gasteiger partial charge in [0.1, 0.15) is 5.82 Å². The van der Waals surface area contributed by atoms with E-state index >= 15 is 0 Å². The molecule has 2 heterocycles. The molecule has 2 aromatic heterocycles. The maximum Gasteiger partial charge on any atom is 0.280 e. The van der Waals surface area contributed by atoms with Crippen LogP contribution in [0.4, 0.5) is 5.82 Å². The quantitative estimate of drug-likeness (QED) is 0.530. The van der Waals surface area contributed by atoms with Crippen molar-refractivity contribution in [2.75, 3.05) is 5.32 Å². The highest BCUT2D eigenvalue weighted by atomic mass is 16.2. The summed E-state index contributed by atoms with van der Waals surface area (Å²) >= 11 is 0. The molecule has 0 aliphatic heterocycles. The van der Waals surface area contributed by atoms with E-state index in [0.29, 0.717) is 30.2 Å². The third kappa shape index (κ3) is 4.23. The van der Waals surface area contributed by atoms with Crippen molar-refractivity contribution in [1.29, 1.82) is 0 Å². The molecule has 0 unspecified atom stereocenters. The Morgan fingerprint density at radius 1 is 0.966 bits per heavy atom. The molecule has 0 bridgehead atoms. The van der Waals surface area contributed by atoms with Crippen molar-refractivity contribution in [1.82, 2.24) is 14.8 Å². The van der Waals surface area contributed by atoms with Gasteiger partial charge in [-0.1, -0.05) is 42.5 Å². The fraction of sp³-hybridized carbons (Fsp3) is 0.0870. The number of benzene rings is 2. The molecule has 0 aliphatic carbocycles. The Morgan fingerprint density at radius 3 is 2.55 bits per heavy atom. The number of anilines is 1. The summed E-state index contributed by atoms with van der Waals surface area (Å²) in [6.45, 7) is 0.954. The Hall–Kier alpha value is -3.77. The lowest BCUT2D eigenvalue weighted by Crippen LogP contribution is -2.17. The number of hydrogen-bond donors (Lipinski definition) is 2. The number of pyridine rings is 1. The summed E-state index contributed by atoms with van der Waals surface area (Å²) in [6, 6.07) is 22.9. The smallest absolute Gasteiger partial charge is 0.280 e. The lowest BCUT2D eigenvalue weighted by molar-refractivity contribution is 0.0948. The fourth-order valence-corrected chi connectivity index (χ4v) is 3.06. The van der Waals surface area contributed by atoms with E-state index in [4.69, 9.17) is 5.73 Å². The van der Waals surface area contributed by atoms with Crippen LogP contribution in [0.2, 0.25) is 0 Å². The zero-order valence-electron chi connectivity index (χ0n) is 15.8. The van der Waals surface area contributed by atoms with Crippen molar-refractivity contribution in [3.8, 4) is 11.3 Å². The standard InChI is InChI=1S/C23H21N5O/c24-14-18-8-4-9-19(12-18)23(29)28-22(26-15-17-6-2-1-3-7-17)13-21(27-28)20-10-5-11-25-16-20/h1-13,16,26H,14-15,24H2. The molecule has 2 aromatic carbocycles. The SMILES string of the molecule is NCc1cccc(C(=O)n2nc(-c3cccnc3)cc2NCc2ccccc2)c1. The van der Waals surface area contributed by atoms with E-state index in [2.05, 4.69) is 15.4 Å². The second kappa shape index (κ2) is 8.50. The highest BCUT2D eigenvalue weighted by Gasteiger charge is 2.17. The fourth-order valence-electron chi connectivity index (χ4n) is 3.06. The van der Waals surface area contributed by atoms with Crippen LogP contribution in [-0.2, 0) is 13.1 Å². The van der Waals surface area contributed by atoms with E-state index in [9.17, 15) is 4.79 Å². The first-order chi connectivity index (χ1) is 14.2. The highest BCUT2D eigenvalue weighted by Crippen LogP contribution is 2.23. The van der Waals surface area contributed by atoms with Crippen LogP contribution in [0, 0.1) is 0 Å². The first kappa shape index (κ1) is 18.6. The number of nitrogens with two attached hydrogens (primary N) is 1. The molecular formula is C23H21N5O. The van der Waals surface area contributed by atoms with Crippen LogP contribution < -0.4 is 11.1 Å². The molecule has 4 aromatic rings. The molecule has 29 heavy (non-hydrogen) atoms. The van der Waals surface area contributed by atoms with Crippen molar-refractivity contribution in [3.63, 3.8) is 0 Å². The molecule has 0 amide bonds. The third-order valence-electron chi connectivity index (χ3n) is 4.59. The van der Waals surface area contributed by atoms with Gasteiger partial charge < -0.3 is 11.1 Å². The van der Waals surface area contributed by atoms with Crippen LogP contribution in [0.3, 0.4) is 0 Å². The van der Waals surface area contributed by atoms with E-state index in [1.54, 1.807) is 24.5 Å². The molecule has 0 saturated carbocycles. The molecule has 0 radical (unpaired) electrons. The van der Waals surface area contributed by atoms with Gasteiger partial charge in [0.25, 0.3) is 5.91 Å². The number of nitrogens with zero attached hydrogens (tertiary/aromatic N) is 3. The number of aromatic nitrogens is 3. The maximum absolute atomic E-state index is 13.2. The van der Waals surface area contributed by atoms with E-state index < -0.39 is 0 Å². The molecular weight excluding hydrogens is 362 g/mol. The molecule has 4 rings (SSSR count). The van der Waals surface area contributed by atoms with Crippen molar-refractivity contribution in [3.05, 3.63) is 102 Å². The summed E-state index contributed by atoms with van der Waals surface area (Å²) < 4.78 is 1.40. The van der Waals surface area contributed by atoms with Crippen LogP contribution in [0.25, 0.3) is 11.3 Å². The molecule has 6 nitrogen and oxygen atoms in total. The number of carbonyl (C=O) groups is 1. The minimum Gasteiger partial charge on any atom is -0.366 e. The Bertz CT molecular complexity index is 1110. The first-order valence-corrected chi connectivity index (χ1v) is 9.36. The minimum absolute atomic E-state index is 0.217. The van der Waals surface area contributed by atoms with Gasteiger partial charge >= 0.3 is 0 Å². The lowest BCUT2D eigenvalue weighted by atomic mass is 10.1. The van der Waals surface area contributed by atoms with Gasteiger partial charge in [-0.3, -0.25) is 9.78 Å². The van der Waals surface area contributed by atoms with Crippen LogP contribution in [0.5, 0.6) is 0 Å². The number of carbonyl (C=O) groups excluding carboxylic acids is 1. The predicted octanol–water partition coefficient (Wildman–Crippen LogP) is 3.70. The van der Waals surface area contributed by atoms with E-state index in [-0.39, 0.29) is 5.91 Å². The molecule has 0 aliphatic rings. The van der Waals surface area contributed by atoms with Crippen LogP contribution in [-0.4, -0.2) is 20.7 Å². The topological polar surface area (TPSA) is 85.8 Å². The molecule has 0 spiro atoms. The zero-order chi connectivity index (χ0) is 20.1. The summed E-state index contributed by atoms with van der Waals surface area (Å²) in [6.07, 6.45) is 3.44. The number of nitrogens with one attached hydrogen (secondary N) is 1. The molecule has 0 saturated heterocycles. The molecule has 6 heteroatoms. The monoisotopic (exact) mass is 383 g/mol. The van der Waals surface area contributed by atoms with Gasteiger partial charge in [-0.15, -0.1) is 0 Å². The van der Waals surface area contributed by atoms with Gasteiger partial charge in [-0.05, 0) is 35.4 Å². The summed E-state index contributed by atoms with van der Waals surface area (Å²) in [5.74, 6) is 0.404. The minimum atomic E-state index is -0.217. The molecule has 0 atom stereocenters. The summed E-state index contributed by atoms with van der Waals surface area (Å²) in [7, 11) is 0. The van der Waals surface area contributed by atoms with Gasteiger partial charge in [0, 0.05) is 42.7 Å². The number of rotatable bonds is 6. The lowest BCUT2D eigenvalue weighted by Gasteiger charge is -2.09. The van der Waals surface area contributed by atoms with Gasteiger partial charge in [0.2, 0.25) is 0 Å². The summed E-state index contributed by atoms with van der Waals surface area (Å²) in [5, 5.41) is 7.89. The van der Waals surface area contributed by atoms with Gasteiger partial charge in [0.05, 0.1) is 5.69 Å². The van der Waals surface area contributed by atoms with Gasteiger partial charge in [-0.2, -0.15) is 9.78 Å². The Morgan fingerprint density at radius 2 is 1.79 bits per heavy atom. The second-order valence-electron chi connectivity index (χ2n) is 6.62. The molecule has 144 valence electrons. The van der Waals surface area contributed by atoms with Gasteiger partial charge in [0.15, 0.2) is 0 Å². The Kier molecular flexibility index (Phi) is 5.45. The Labute approximate surface area is 169 Å². The Balaban J connectivity index is 1.70. The normalized spacial score (nSPS) is 10.7. The van der Waals surface area contributed by atoms with E-state index in [1.165, 1.54) is 4.68 Å². The highest BCUT2D eigenvalue weighted by molar-refractivity contribution is 5.97.